The SMILES string of the molecule is CCC=C(N)C=O. The fourth-order valence-corrected chi connectivity index (χ4v) is 0.284. The molecular formula is C5H9NO. The normalized spacial score (nSPS) is 11.3. The number of nitrogens with two attached hydrogens (primary N) is 1. The third kappa shape index (κ3) is 3.03. The molecule has 0 bridgehead atoms. The number of hydrogen-bond acceptors (Lipinski definition) is 2. The van der Waals surface area contributed by atoms with Gasteiger partial charge in [0.05, 0.1) is 5.70 Å². The molecular weight excluding hydrogens is 90.1 g/mol. The predicted octanol–water partition coefficient (Wildman–Crippen LogP) is 0.438. The summed E-state index contributed by atoms with van der Waals surface area (Å²) in [7, 11) is 0. The molecule has 0 aromatic heterocycles. The molecule has 0 fully saturated rings. The van der Waals surface area contributed by atoms with Crippen molar-refractivity contribution in [2.24, 2.45) is 5.73 Å². The van der Waals surface area contributed by atoms with Crippen molar-refractivity contribution in [2.75, 3.05) is 0 Å². The predicted molar refractivity (Wildman–Crippen MR) is 28.6 cm³/mol. The van der Waals surface area contributed by atoms with Crippen LogP contribution in [0.3, 0.4) is 0 Å². The molecule has 2 nitrogen and oxygen atoms in total. The molecule has 0 rings (SSSR count). The Kier molecular flexibility index (Phi) is 3.02. The minimum absolute atomic E-state index is 0.322. The van der Waals surface area contributed by atoms with Gasteiger partial charge in [-0.3, -0.25) is 4.79 Å². The summed E-state index contributed by atoms with van der Waals surface area (Å²) in [5.74, 6) is 0. The van der Waals surface area contributed by atoms with Gasteiger partial charge in [-0.1, -0.05) is 13.0 Å². The van der Waals surface area contributed by atoms with Crippen LogP contribution >= 0.6 is 0 Å². The van der Waals surface area contributed by atoms with Gasteiger partial charge in [-0.05, 0) is 6.42 Å². The number of carbonyl (C=O) groups excluding carboxylic acids is 1. The number of allylic oxidation sites excluding steroid dienone is 2. The molecule has 0 aromatic carbocycles. The van der Waals surface area contributed by atoms with Crippen molar-refractivity contribution < 1.29 is 4.79 Å². The van der Waals surface area contributed by atoms with Gasteiger partial charge in [0.2, 0.25) is 0 Å². The Balaban J connectivity index is 3.49. The van der Waals surface area contributed by atoms with Gasteiger partial charge in [0.25, 0.3) is 0 Å². The Morgan fingerprint density at radius 1 is 1.86 bits per heavy atom. The van der Waals surface area contributed by atoms with E-state index in [2.05, 4.69) is 0 Å². The molecule has 0 unspecified atom stereocenters. The molecule has 0 aliphatic carbocycles. The van der Waals surface area contributed by atoms with Crippen molar-refractivity contribution in [1.29, 1.82) is 0 Å². The Hall–Kier alpha value is -0.790. The van der Waals surface area contributed by atoms with Gasteiger partial charge in [-0.25, -0.2) is 0 Å². The van der Waals surface area contributed by atoms with Crippen LogP contribution in [0, 0.1) is 0 Å². The molecule has 40 valence electrons. The lowest BCUT2D eigenvalue weighted by atomic mass is 10.4. The van der Waals surface area contributed by atoms with Crippen LogP contribution in [0.5, 0.6) is 0 Å². The van der Waals surface area contributed by atoms with Gasteiger partial charge in [0, 0.05) is 0 Å². The quantitative estimate of drug-likeness (QED) is 0.403. The van der Waals surface area contributed by atoms with Crippen molar-refractivity contribution in [3.05, 3.63) is 11.8 Å². The lowest BCUT2D eigenvalue weighted by molar-refractivity contribution is -0.105. The maximum absolute atomic E-state index is 9.70. The first kappa shape index (κ1) is 6.21. The molecule has 0 atom stereocenters. The van der Waals surface area contributed by atoms with E-state index in [9.17, 15) is 4.79 Å². The maximum atomic E-state index is 9.70. The van der Waals surface area contributed by atoms with Crippen LogP contribution in [0.15, 0.2) is 11.8 Å². The Labute approximate surface area is 43.0 Å². The number of rotatable bonds is 2. The zero-order chi connectivity index (χ0) is 5.70. The third-order valence-corrected chi connectivity index (χ3v) is 0.576. The second-order valence-corrected chi connectivity index (χ2v) is 1.23. The zero-order valence-corrected chi connectivity index (χ0v) is 4.35. The van der Waals surface area contributed by atoms with Crippen LogP contribution in [0.4, 0.5) is 0 Å². The molecule has 0 aliphatic heterocycles. The summed E-state index contributed by atoms with van der Waals surface area (Å²) in [6.45, 7) is 1.93. The number of carbonyl (C=O) groups is 1. The van der Waals surface area contributed by atoms with E-state index in [0.717, 1.165) is 6.42 Å². The highest BCUT2D eigenvalue weighted by molar-refractivity contribution is 5.71. The number of hydrogen-bond donors (Lipinski definition) is 1. The second-order valence-electron chi connectivity index (χ2n) is 1.23. The van der Waals surface area contributed by atoms with Crippen LogP contribution in [-0.2, 0) is 4.79 Å². The van der Waals surface area contributed by atoms with E-state index >= 15 is 0 Å². The highest BCUT2D eigenvalue weighted by atomic mass is 16.1. The first-order chi connectivity index (χ1) is 3.31. The van der Waals surface area contributed by atoms with E-state index in [0.29, 0.717) is 12.0 Å². The van der Waals surface area contributed by atoms with Gasteiger partial charge in [0.15, 0.2) is 6.29 Å². The molecule has 0 spiro atoms. The van der Waals surface area contributed by atoms with Crippen LogP contribution in [0.2, 0.25) is 0 Å². The van der Waals surface area contributed by atoms with E-state index in [4.69, 9.17) is 5.73 Å². The first-order valence-corrected chi connectivity index (χ1v) is 2.22. The monoisotopic (exact) mass is 99.1 g/mol. The average molecular weight is 99.1 g/mol. The van der Waals surface area contributed by atoms with Crippen molar-refractivity contribution in [1.82, 2.24) is 0 Å². The van der Waals surface area contributed by atoms with Crippen molar-refractivity contribution in [3.8, 4) is 0 Å². The molecule has 0 saturated heterocycles. The van der Waals surface area contributed by atoms with Crippen molar-refractivity contribution in [2.45, 2.75) is 13.3 Å². The second kappa shape index (κ2) is 3.40. The maximum Gasteiger partial charge on any atom is 0.165 e. The van der Waals surface area contributed by atoms with Crippen LogP contribution in [-0.4, -0.2) is 6.29 Å². The molecule has 0 radical (unpaired) electrons. The van der Waals surface area contributed by atoms with Gasteiger partial charge in [0.1, 0.15) is 0 Å². The summed E-state index contributed by atoms with van der Waals surface area (Å²) in [4.78, 5) is 9.70. The highest BCUT2D eigenvalue weighted by Gasteiger charge is 1.76. The van der Waals surface area contributed by atoms with E-state index in [1.807, 2.05) is 6.92 Å². The molecule has 0 aliphatic rings. The highest BCUT2D eigenvalue weighted by Crippen LogP contribution is 1.80. The molecule has 2 N–H and O–H groups in total. The summed E-state index contributed by atoms with van der Waals surface area (Å²) in [6, 6.07) is 0. The molecule has 2 heteroatoms. The number of aldehydes is 1. The lowest BCUT2D eigenvalue weighted by Crippen LogP contribution is -1.96. The van der Waals surface area contributed by atoms with Crippen molar-refractivity contribution in [3.63, 3.8) is 0 Å². The topological polar surface area (TPSA) is 43.1 Å². The summed E-state index contributed by atoms with van der Waals surface area (Å²) >= 11 is 0. The largest absolute Gasteiger partial charge is 0.396 e. The minimum Gasteiger partial charge on any atom is -0.396 e. The van der Waals surface area contributed by atoms with Gasteiger partial charge in [-0.2, -0.15) is 0 Å². The van der Waals surface area contributed by atoms with Gasteiger partial charge in [-0.15, -0.1) is 0 Å². The summed E-state index contributed by atoms with van der Waals surface area (Å²) < 4.78 is 0. The zero-order valence-electron chi connectivity index (χ0n) is 4.35. The molecule has 0 heterocycles. The minimum atomic E-state index is 0.322. The third-order valence-electron chi connectivity index (χ3n) is 0.576. The molecule has 0 saturated carbocycles. The van der Waals surface area contributed by atoms with Crippen LogP contribution < -0.4 is 5.73 Å². The summed E-state index contributed by atoms with van der Waals surface area (Å²) in [6.07, 6.45) is 3.14. The van der Waals surface area contributed by atoms with Crippen LogP contribution in [0.1, 0.15) is 13.3 Å². The van der Waals surface area contributed by atoms with Crippen molar-refractivity contribution >= 4 is 6.29 Å². The molecule has 0 amide bonds. The summed E-state index contributed by atoms with van der Waals surface area (Å²) in [5, 5.41) is 0. The average Bonchev–Trinajstić information content (AvgIpc) is 1.68. The van der Waals surface area contributed by atoms with E-state index in [1.165, 1.54) is 0 Å². The van der Waals surface area contributed by atoms with Gasteiger partial charge < -0.3 is 5.73 Å². The lowest BCUT2D eigenvalue weighted by Gasteiger charge is -1.80. The molecule has 0 aromatic rings. The Morgan fingerprint density at radius 3 is 2.57 bits per heavy atom. The molecule has 7 heavy (non-hydrogen) atoms. The van der Waals surface area contributed by atoms with E-state index in [-0.39, 0.29) is 0 Å². The fourth-order valence-electron chi connectivity index (χ4n) is 0.284. The van der Waals surface area contributed by atoms with Crippen LogP contribution in [0.25, 0.3) is 0 Å². The summed E-state index contributed by atoms with van der Waals surface area (Å²) in [5.41, 5.74) is 5.40. The first-order valence-electron chi connectivity index (χ1n) is 2.22. The van der Waals surface area contributed by atoms with E-state index < -0.39 is 0 Å². The Bertz CT molecular complexity index is 86.1. The fraction of sp³-hybridized carbons (Fsp3) is 0.400. The standard InChI is InChI=1S/C5H9NO/c1-2-3-5(6)4-7/h3-4H,2,6H2,1H3. The Morgan fingerprint density at radius 2 is 2.43 bits per heavy atom. The van der Waals surface area contributed by atoms with E-state index in [1.54, 1.807) is 6.08 Å². The van der Waals surface area contributed by atoms with Gasteiger partial charge >= 0.3 is 0 Å². The smallest absolute Gasteiger partial charge is 0.165 e.